The summed E-state index contributed by atoms with van der Waals surface area (Å²) in [7, 11) is 5.26. The summed E-state index contributed by atoms with van der Waals surface area (Å²) in [6.07, 6.45) is 0. The molecule has 0 heterocycles. The Morgan fingerprint density at radius 2 is 0.493 bits per heavy atom. The van der Waals surface area contributed by atoms with Crippen molar-refractivity contribution in [2.45, 2.75) is 39.6 Å². The smallest absolute Gasteiger partial charge is 0.337 e. The second kappa shape index (κ2) is 25.0. The normalized spacial score (nSPS) is 10.6. The van der Waals surface area contributed by atoms with Crippen LogP contribution >= 0.6 is 0 Å². The van der Waals surface area contributed by atoms with Crippen molar-refractivity contribution in [1.82, 2.24) is 0 Å². The number of carbonyl (C=O) groups is 5. The van der Waals surface area contributed by atoms with Crippen LogP contribution < -0.4 is 28.4 Å². The Morgan fingerprint density at radius 3 is 0.699 bits per heavy atom. The molecule has 0 atom stereocenters. The van der Waals surface area contributed by atoms with Crippen molar-refractivity contribution >= 4 is 29.8 Å². The van der Waals surface area contributed by atoms with Crippen LogP contribution in [-0.4, -0.2) is 63.4 Å². The summed E-state index contributed by atoms with van der Waals surface area (Å²) in [6.45, 7) is 0.556. The number of rotatable bonds is 23. The third-order valence-electron chi connectivity index (χ3n) is 10.9. The molecule has 0 unspecified atom stereocenters. The van der Waals surface area contributed by atoms with Crippen molar-refractivity contribution in [3.63, 3.8) is 0 Å². The van der Waals surface area contributed by atoms with Crippen molar-refractivity contribution in [3.8, 4) is 34.5 Å². The van der Waals surface area contributed by atoms with Crippen LogP contribution in [0.25, 0.3) is 0 Å². The van der Waals surface area contributed by atoms with E-state index in [2.05, 4.69) is 0 Å². The Balaban J connectivity index is 1.08. The SMILES string of the molecule is COC(=O)c1ccc(COc2cc(COc3cc(OCc4cc(OCc5ccc(C(=O)OC)cc5)cc(OCc5ccc(C(=O)OC)cc5)c4)cc(C(=O)O)c3)cc(OCc3ccc(C(=O)OC)cc3)c2)cc1. The quantitative estimate of drug-likeness (QED) is 0.0469. The number of benzene rings is 7. The Kier molecular flexibility index (Phi) is 17.6. The maximum Gasteiger partial charge on any atom is 0.337 e. The van der Waals surface area contributed by atoms with Crippen LogP contribution in [0.5, 0.6) is 34.5 Å². The van der Waals surface area contributed by atoms with E-state index in [1.807, 2.05) is 0 Å². The molecule has 0 saturated carbocycles. The predicted octanol–water partition coefficient (Wildman–Crippen LogP) is 10.0. The summed E-state index contributed by atoms with van der Waals surface area (Å²) < 4.78 is 56.3. The zero-order valence-corrected chi connectivity index (χ0v) is 40.2. The minimum Gasteiger partial charge on any atom is -0.489 e. The molecular weight excluding hydrogens is 941 g/mol. The predicted molar refractivity (Wildman–Crippen MR) is 263 cm³/mol. The molecule has 0 aliphatic heterocycles. The van der Waals surface area contributed by atoms with Crippen LogP contribution in [0.2, 0.25) is 0 Å². The number of carboxylic acid groups (broad SMARTS) is 1. The van der Waals surface area contributed by atoms with Crippen molar-refractivity contribution in [3.05, 3.63) is 213 Å². The van der Waals surface area contributed by atoms with E-state index in [-0.39, 0.29) is 56.7 Å². The van der Waals surface area contributed by atoms with Crippen molar-refractivity contribution in [2.75, 3.05) is 28.4 Å². The first-order valence-electron chi connectivity index (χ1n) is 22.5. The first-order chi connectivity index (χ1) is 35.4. The highest BCUT2D eigenvalue weighted by Gasteiger charge is 2.15. The summed E-state index contributed by atoms with van der Waals surface area (Å²) in [5.74, 6) is -0.832. The molecule has 0 amide bonds. The van der Waals surface area contributed by atoms with E-state index in [9.17, 15) is 29.1 Å². The van der Waals surface area contributed by atoms with Crippen molar-refractivity contribution in [2.24, 2.45) is 0 Å². The fourth-order valence-corrected chi connectivity index (χ4v) is 7.04. The van der Waals surface area contributed by atoms with E-state index in [1.54, 1.807) is 140 Å². The Bertz CT molecular complexity index is 2680. The number of ether oxygens (including phenoxy) is 10. The molecule has 0 fully saturated rings. The number of methoxy groups -OCH3 is 4. The highest BCUT2D eigenvalue weighted by Crippen LogP contribution is 2.30. The molecule has 7 rings (SSSR count). The van der Waals surface area contributed by atoms with Crippen LogP contribution in [0, 0.1) is 0 Å². The molecule has 1 N–H and O–H groups in total. The van der Waals surface area contributed by atoms with Crippen LogP contribution in [0.3, 0.4) is 0 Å². The van der Waals surface area contributed by atoms with Gasteiger partial charge in [-0.1, -0.05) is 48.5 Å². The van der Waals surface area contributed by atoms with Gasteiger partial charge in [0.15, 0.2) is 0 Å². The number of aromatic carboxylic acids is 1. The van der Waals surface area contributed by atoms with E-state index in [1.165, 1.54) is 40.6 Å². The number of esters is 4. The molecule has 7 aromatic carbocycles. The van der Waals surface area contributed by atoms with Gasteiger partial charge in [0, 0.05) is 18.2 Å². The molecule has 73 heavy (non-hydrogen) atoms. The van der Waals surface area contributed by atoms with Gasteiger partial charge >= 0.3 is 29.8 Å². The molecule has 16 nitrogen and oxygen atoms in total. The lowest BCUT2D eigenvalue weighted by atomic mass is 10.1. The van der Waals surface area contributed by atoms with Gasteiger partial charge in [-0.3, -0.25) is 0 Å². The topological polar surface area (TPSA) is 198 Å². The van der Waals surface area contributed by atoms with Gasteiger partial charge in [0.2, 0.25) is 0 Å². The maximum absolute atomic E-state index is 12.4. The highest BCUT2D eigenvalue weighted by molar-refractivity contribution is 5.91. The Hall–Kier alpha value is -9.31. The fourth-order valence-electron chi connectivity index (χ4n) is 7.04. The summed E-state index contributed by atoms with van der Waals surface area (Å²) in [6, 6.07) is 42.1. The maximum atomic E-state index is 12.4. The van der Waals surface area contributed by atoms with Crippen LogP contribution in [0.15, 0.2) is 152 Å². The molecule has 0 spiro atoms. The van der Waals surface area contributed by atoms with Gasteiger partial charge in [0.1, 0.15) is 74.1 Å². The van der Waals surface area contributed by atoms with Crippen LogP contribution in [-0.2, 0) is 58.6 Å². The van der Waals surface area contributed by atoms with Crippen molar-refractivity contribution in [1.29, 1.82) is 0 Å². The van der Waals surface area contributed by atoms with Gasteiger partial charge in [0.05, 0.1) is 56.3 Å². The summed E-state index contributed by atoms with van der Waals surface area (Å²) >= 11 is 0. The van der Waals surface area contributed by atoms with Crippen LogP contribution in [0.1, 0.15) is 85.2 Å². The average Bonchev–Trinajstić information content (AvgIpc) is 3.43. The second-order valence-corrected chi connectivity index (χ2v) is 16.1. The van der Waals surface area contributed by atoms with Crippen LogP contribution in [0.4, 0.5) is 0 Å². The number of carbonyl (C=O) groups excluding carboxylic acids is 4. The number of hydrogen-bond donors (Lipinski definition) is 1. The standard InChI is InChI=1S/C57H50O16/c1-64-54(60)42-13-5-36(6-14-42)30-68-47-21-40(22-48(27-47)69-31-37-7-15-43(16-8-37)55(61)65-2)34-72-51-25-46(53(58)59)26-52(29-51)73-35-41-23-49(70-32-38-9-17-44(18-10-38)56(62)66-3)28-50(24-41)71-33-39-11-19-45(20-12-39)57(63)67-4/h5-29H,30-35H2,1-4H3,(H,58,59). The molecule has 0 bridgehead atoms. The van der Waals surface area contributed by atoms with Gasteiger partial charge in [0.25, 0.3) is 0 Å². The zero-order chi connectivity index (χ0) is 51.7. The summed E-state index contributed by atoms with van der Waals surface area (Å²) in [5.41, 5.74) is 5.92. The molecule has 0 aromatic heterocycles. The zero-order valence-electron chi connectivity index (χ0n) is 40.2. The van der Waals surface area contributed by atoms with Crippen molar-refractivity contribution < 1.29 is 76.4 Å². The van der Waals surface area contributed by atoms with Gasteiger partial charge in [-0.2, -0.15) is 0 Å². The lowest BCUT2D eigenvalue weighted by Crippen LogP contribution is -2.05. The van der Waals surface area contributed by atoms with E-state index < -0.39 is 29.8 Å². The van der Waals surface area contributed by atoms with E-state index in [0.717, 1.165) is 22.3 Å². The molecule has 16 heteroatoms. The average molecular weight is 991 g/mol. The molecule has 374 valence electrons. The summed E-state index contributed by atoms with van der Waals surface area (Å²) in [5, 5.41) is 10.1. The highest BCUT2D eigenvalue weighted by atomic mass is 16.5. The minimum atomic E-state index is -1.20. The first-order valence-corrected chi connectivity index (χ1v) is 22.5. The van der Waals surface area contributed by atoms with Gasteiger partial charge in [-0.25, -0.2) is 24.0 Å². The second-order valence-electron chi connectivity index (χ2n) is 16.1. The molecule has 0 aliphatic rings. The van der Waals surface area contributed by atoms with Gasteiger partial charge in [-0.05, 0) is 118 Å². The van der Waals surface area contributed by atoms with E-state index in [0.29, 0.717) is 56.4 Å². The largest absolute Gasteiger partial charge is 0.489 e. The summed E-state index contributed by atoms with van der Waals surface area (Å²) in [4.78, 5) is 60.2. The lowest BCUT2D eigenvalue weighted by molar-refractivity contribution is 0.0592. The molecule has 7 aromatic rings. The van der Waals surface area contributed by atoms with Gasteiger partial charge < -0.3 is 52.5 Å². The fraction of sp³-hybridized carbons (Fsp3) is 0.175. The monoisotopic (exact) mass is 990 g/mol. The number of carboxylic acids is 1. The van der Waals surface area contributed by atoms with Gasteiger partial charge in [-0.15, -0.1) is 0 Å². The molecular formula is C57H50O16. The molecule has 0 saturated heterocycles. The number of hydrogen-bond acceptors (Lipinski definition) is 15. The third-order valence-corrected chi connectivity index (χ3v) is 10.9. The lowest BCUT2D eigenvalue weighted by Gasteiger charge is -2.15. The minimum absolute atomic E-state index is 0.0331. The Morgan fingerprint density at radius 1 is 0.288 bits per heavy atom. The molecule has 0 aliphatic carbocycles. The van der Waals surface area contributed by atoms with E-state index in [4.69, 9.17) is 47.4 Å². The Labute approximate surface area is 420 Å². The van der Waals surface area contributed by atoms with E-state index >= 15 is 0 Å². The third kappa shape index (κ3) is 14.9. The first kappa shape index (κ1) is 51.5. The molecule has 0 radical (unpaired) electrons.